The molecular formula is C17H22N2O3. The first kappa shape index (κ1) is 15.0. The van der Waals surface area contributed by atoms with Gasteiger partial charge in [-0.2, -0.15) is 0 Å². The molecule has 1 heterocycles. The van der Waals surface area contributed by atoms with E-state index in [1.165, 1.54) is 13.8 Å². The van der Waals surface area contributed by atoms with Crippen LogP contribution in [0.2, 0.25) is 0 Å². The zero-order chi connectivity index (χ0) is 16.0. The van der Waals surface area contributed by atoms with Crippen LogP contribution in [0.4, 0.5) is 0 Å². The minimum absolute atomic E-state index is 0.169. The second-order valence-electron chi connectivity index (χ2n) is 6.96. The van der Waals surface area contributed by atoms with Gasteiger partial charge in [0.25, 0.3) is 5.91 Å². The highest BCUT2D eigenvalue weighted by atomic mass is 16.3. The van der Waals surface area contributed by atoms with Crippen LogP contribution in [0, 0.1) is 5.41 Å². The average Bonchev–Trinajstić information content (AvgIpc) is 2.77. The van der Waals surface area contributed by atoms with E-state index in [9.17, 15) is 14.7 Å². The van der Waals surface area contributed by atoms with Gasteiger partial charge in [0, 0.05) is 12.1 Å². The fraction of sp³-hybridized carbons (Fsp3) is 0.529. The summed E-state index contributed by atoms with van der Waals surface area (Å²) < 4.78 is 0. The van der Waals surface area contributed by atoms with Crippen molar-refractivity contribution >= 4 is 11.8 Å². The number of amides is 2. The van der Waals surface area contributed by atoms with Gasteiger partial charge in [-0.15, -0.1) is 0 Å². The predicted octanol–water partition coefficient (Wildman–Crippen LogP) is 1.14. The van der Waals surface area contributed by atoms with E-state index in [0.29, 0.717) is 5.56 Å². The van der Waals surface area contributed by atoms with Crippen LogP contribution in [0.25, 0.3) is 0 Å². The largest absolute Gasteiger partial charge is 0.372 e. The molecule has 1 fully saturated rings. The summed E-state index contributed by atoms with van der Waals surface area (Å²) >= 11 is 0. The van der Waals surface area contributed by atoms with Gasteiger partial charge in [0.05, 0.1) is 5.41 Å². The molecule has 0 saturated carbocycles. The normalized spacial score (nSPS) is 24.0. The molecule has 5 nitrogen and oxygen atoms in total. The number of nitrogens with one attached hydrogen (secondary N) is 2. The molecule has 1 spiro atoms. The van der Waals surface area contributed by atoms with Gasteiger partial charge in [-0.05, 0) is 62.8 Å². The molecule has 2 amide bonds. The standard InChI is InChI=1S/C17H22N2O3/c1-16(2,22)19-14(20)12-3-4-13-10-17(6-5-11(13)9-12)7-8-18-15(17)21/h3-4,9,22H,5-8,10H2,1-2H3,(H,18,21)(H,19,20)/t17-/m1/s1. The van der Waals surface area contributed by atoms with Crippen molar-refractivity contribution in [2.75, 3.05) is 6.54 Å². The van der Waals surface area contributed by atoms with Crippen molar-refractivity contribution in [3.8, 4) is 0 Å². The molecule has 1 atom stereocenters. The van der Waals surface area contributed by atoms with Gasteiger partial charge in [-0.25, -0.2) is 0 Å². The van der Waals surface area contributed by atoms with Crippen LogP contribution in [-0.4, -0.2) is 29.2 Å². The summed E-state index contributed by atoms with van der Waals surface area (Å²) in [7, 11) is 0. The minimum atomic E-state index is -1.24. The number of hydrogen-bond donors (Lipinski definition) is 3. The molecule has 1 aromatic rings. The third-order valence-electron chi connectivity index (χ3n) is 4.66. The Morgan fingerprint density at radius 3 is 2.73 bits per heavy atom. The van der Waals surface area contributed by atoms with E-state index in [-0.39, 0.29) is 17.2 Å². The lowest BCUT2D eigenvalue weighted by atomic mass is 9.70. The highest BCUT2D eigenvalue weighted by Crippen LogP contribution is 2.41. The van der Waals surface area contributed by atoms with E-state index in [1.54, 1.807) is 6.07 Å². The SMILES string of the molecule is CC(C)(O)NC(=O)c1ccc2c(c1)CC[C@@]1(CCNC1=O)C2. The van der Waals surface area contributed by atoms with E-state index >= 15 is 0 Å². The molecule has 0 unspecified atom stereocenters. The van der Waals surface area contributed by atoms with Crippen LogP contribution in [0.1, 0.15) is 48.2 Å². The Balaban J connectivity index is 1.82. The molecule has 2 aliphatic rings. The number of carbonyl (C=O) groups is 2. The third kappa shape index (κ3) is 2.73. The summed E-state index contributed by atoms with van der Waals surface area (Å²) in [5.74, 6) is -0.115. The number of aryl methyl sites for hydroxylation is 1. The lowest BCUT2D eigenvalue weighted by molar-refractivity contribution is -0.128. The van der Waals surface area contributed by atoms with Crippen molar-refractivity contribution in [3.05, 3.63) is 34.9 Å². The number of carbonyl (C=O) groups excluding carboxylic acids is 2. The van der Waals surface area contributed by atoms with Crippen molar-refractivity contribution < 1.29 is 14.7 Å². The van der Waals surface area contributed by atoms with Crippen LogP contribution in [-0.2, 0) is 17.6 Å². The quantitative estimate of drug-likeness (QED) is 0.717. The van der Waals surface area contributed by atoms with Crippen LogP contribution < -0.4 is 10.6 Å². The Morgan fingerprint density at radius 2 is 2.09 bits per heavy atom. The average molecular weight is 302 g/mol. The molecule has 3 N–H and O–H groups in total. The van der Waals surface area contributed by atoms with Crippen molar-refractivity contribution in [2.24, 2.45) is 5.41 Å². The van der Waals surface area contributed by atoms with Gasteiger partial charge in [-0.3, -0.25) is 9.59 Å². The number of fused-ring (bicyclic) bond motifs is 1. The lowest BCUT2D eigenvalue weighted by Gasteiger charge is -2.32. The number of rotatable bonds is 2. The van der Waals surface area contributed by atoms with Gasteiger partial charge < -0.3 is 15.7 Å². The molecule has 1 aliphatic carbocycles. The van der Waals surface area contributed by atoms with Crippen molar-refractivity contribution in [2.45, 2.75) is 45.3 Å². The number of aliphatic hydroxyl groups is 1. The summed E-state index contributed by atoms with van der Waals surface area (Å²) in [5, 5.41) is 15.2. The summed E-state index contributed by atoms with van der Waals surface area (Å²) in [6.07, 6.45) is 3.29. The number of hydrogen-bond acceptors (Lipinski definition) is 3. The molecule has 1 aromatic carbocycles. The second-order valence-corrected chi connectivity index (χ2v) is 6.96. The monoisotopic (exact) mass is 302 g/mol. The Kier molecular flexibility index (Phi) is 3.48. The van der Waals surface area contributed by atoms with Gasteiger partial charge >= 0.3 is 0 Å². The molecule has 5 heteroatoms. The first-order chi connectivity index (χ1) is 10.3. The molecule has 1 saturated heterocycles. The first-order valence-electron chi connectivity index (χ1n) is 7.74. The Labute approximate surface area is 130 Å². The van der Waals surface area contributed by atoms with Crippen molar-refractivity contribution in [1.82, 2.24) is 10.6 Å². The molecular weight excluding hydrogens is 280 g/mol. The Bertz CT molecular complexity index is 633. The van der Waals surface area contributed by atoms with E-state index in [2.05, 4.69) is 10.6 Å². The van der Waals surface area contributed by atoms with Gasteiger partial charge in [-0.1, -0.05) is 6.07 Å². The van der Waals surface area contributed by atoms with Crippen LogP contribution >= 0.6 is 0 Å². The third-order valence-corrected chi connectivity index (χ3v) is 4.66. The van der Waals surface area contributed by atoms with E-state index < -0.39 is 5.72 Å². The van der Waals surface area contributed by atoms with Crippen LogP contribution in [0.5, 0.6) is 0 Å². The molecule has 0 aromatic heterocycles. The number of benzene rings is 1. The maximum atomic E-state index is 12.1. The van der Waals surface area contributed by atoms with Crippen molar-refractivity contribution in [1.29, 1.82) is 0 Å². The Hall–Kier alpha value is -1.88. The topological polar surface area (TPSA) is 78.4 Å². The molecule has 0 bridgehead atoms. The molecule has 22 heavy (non-hydrogen) atoms. The zero-order valence-corrected chi connectivity index (χ0v) is 13.0. The summed E-state index contributed by atoms with van der Waals surface area (Å²) in [6.45, 7) is 3.83. The summed E-state index contributed by atoms with van der Waals surface area (Å²) in [6, 6.07) is 5.60. The van der Waals surface area contributed by atoms with Gasteiger partial charge in [0.2, 0.25) is 5.91 Å². The second kappa shape index (κ2) is 5.09. The fourth-order valence-corrected chi connectivity index (χ4v) is 3.47. The van der Waals surface area contributed by atoms with Gasteiger partial charge in [0.1, 0.15) is 5.72 Å². The molecule has 1 aliphatic heterocycles. The maximum absolute atomic E-state index is 12.1. The zero-order valence-electron chi connectivity index (χ0n) is 13.0. The smallest absolute Gasteiger partial charge is 0.253 e. The predicted molar refractivity (Wildman–Crippen MR) is 82.3 cm³/mol. The van der Waals surface area contributed by atoms with E-state index in [4.69, 9.17) is 0 Å². The highest BCUT2D eigenvalue weighted by molar-refractivity contribution is 5.95. The minimum Gasteiger partial charge on any atom is -0.372 e. The molecule has 3 rings (SSSR count). The summed E-state index contributed by atoms with van der Waals surface area (Å²) in [4.78, 5) is 24.2. The summed E-state index contributed by atoms with van der Waals surface area (Å²) in [5.41, 5.74) is 1.35. The molecule has 118 valence electrons. The van der Waals surface area contributed by atoms with Crippen LogP contribution in [0.3, 0.4) is 0 Å². The van der Waals surface area contributed by atoms with Crippen molar-refractivity contribution in [3.63, 3.8) is 0 Å². The Morgan fingerprint density at radius 1 is 1.32 bits per heavy atom. The molecule has 0 radical (unpaired) electrons. The maximum Gasteiger partial charge on any atom is 0.253 e. The highest BCUT2D eigenvalue weighted by Gasteiger charge is 2.44. The van der Waals surface area contributed by atoms with Crippen LogP contribution in [0.15, 0.2) is 18.2 Å². The van der Waals surface area contributed by atoms with E-state index in [0.717, 1.165) is 43.4 Å². The first-order valence-corrected chi connectivity index (χ1v) is 7.74. The van der Waals surface area contributed by atoms with E-state index in [1.807, 2.05) is 12.1 Å². The van der Waals surface area contributed by atoms with Gasteiger partial charge in [0.15, 0.2) is 0 Å². The fourth-order valence-electron chi connectivity index (χ4n) is 3.47. The lowest BCUT2D eigenvalue weighted by Crippen LogP contribution is -2.43.